The largest absolute Gasteiger partial charge is 0.355 e. The maximum absolute atomic E-state index is 11.8. The van der Waals surface area contributed by atoms with Crippen LogP contribution in [0.5, 0.6) is 0 Å². The van der Waals surface area contributed by atoms with Gasteiger partial charge in [-0.25, -0.2) is 4.98 Å². The van der Waals surface area contributed by atoms with Crippen LogP contribution in [0.4, 0.5) is 5.82 Å². The minimum atomic E-state index is -0.364. The lowest BCUT2D eigenvalue weighted by molar-refractivity contribution is -0.410. The van der Waals surface area contributed by atoms with Crippen LogP contribution < -0.4 is 16.0 Å². The summed E-state index contributed by atoms with van der Waals surface area (Å²) in [5, 5.41) is 20.9. The molecule has 4 N–H and O–H groups in total. The Morgan fingerprint density at radius 1 is 1.50 bits per heavy atom. The number of nitrogen functional groups attached to an aromatic ring is 1. The molecule has 1 aromatic rings. The third-order valence-corrected chi connectivity index (χ3v) is 3.65. The van der Waals surface area contributed by atoms with Crippen molar-refractivity contribution >= 4 is 23.5 Å². The predicted molar refractivity (Wildman–Crippen MR) is 75.5 cm³/mol. The van der Waals surface area contributed by atoms with Crippen molar-refractivity contribution in [2.24, 2.45) is 0 Å². The van der Waals surface area contributed by atoms with E-state index < -0.39 is 0 Å². The Kier molecular flexibility index (Phi) is 5.82. The first-order chi connectivity index (χ1) is 9.53. The van der Waals surface area contributed by atoms with E-state index >= 15 is 0 Å². The Morgan fingerprint density at radius 3 is 2.70 bits per heavy atom. The molecule has 7 heteroatoms. The van der Waals surface area contributed by atoms with Crippen molar-refractivity contribution in [3.63, 3.8) is 0 Å². The maximum atomic E-state index is 11.8. The van der Waals surface area contributed by atoms with Crippen LogP contribution in [0.1, 0.15) is 31.4 Å². The van der Waals surface area contributed by atoms with E-state index in [0.717, 1.165) is 6.42 Å². The molecule has 0 aliphatic heterocycles. The molecule has 104 valence electrons. The SMILES string of the molecule is CCCNC(=O)[C@@H](C)Sc1[nH+]c(N)c(C#N)cc1C#N. The summed E-state index contributed by atoms with van der Waals surface area (Å²) in [7, 11) is 0. The highest BCUT2D eigenvalue weighted by Crippen LogP contribution is 2.24. The Bertz CT molecular complexity index is 588. The standard InChI is InChI=1S/C13H15N5OS/c1-3-4-17-12(19)8(2)20-13-10(7-15)5-9(6-14)11(16)18-13/h5,8H,3-4H2,1-2H3,(H2,16,18)(H,17,19)/p+1/t8-/m1/s1. The zero-order chi connectivity index (χ0) is 15.1. The number of rotatable bonds is 5. The van der Waals surface area contributed by atoms with Crippen molar-refractivity contribution in [2.45, 2.75) is 30.5 Å². The molecule has 0 aromatic carbocycles. The summed E-state index contributed by atoms with van der Waals surface area (Å²) in [4.78, 5) is 14.6. The van der Waals surface area contributed by atoms with Crippen LogP contribution in [-0.2, 0) is 4.79 Å². The van der Waals surface area contributed by atoms with E-state index in [1.165, 1.54) is 17.8 Å². The van der Waals surface area contributed by atoms with Crippen LogP contribution in [0.2, 0.25) is 0 Å². The highest BCUT2D eigenvalue weighted by Gasteiger charge is 2.20. The number of aromatic amines is 1. The highest BCUT2D eigenvalue weighted by atomic mass is 32.2. The number of H-pyrrole nitrogens is 1. The Labute approximate surface area is 122 Å². The van der Waals surface area contributed by atoms with Gasteiger partial charge in [0.25, 0.3) is 5.82 Å². The second-order valence-corrected chi connectivity index (χ2v) is 5.47. The van der Waals surface area contributed by atoms with Crippen molar-refractivity contribution in [1.29, 1.82) is 10.5 Å². The molecular weight excluding hydrogens is 274 g/mol. The predicted octanol–water partition coefficient (Wildman–Crippen LogP) is 0.833. The quantitative estimate of drug-likeness (QED) is 0.779. The summed E-state index contributed by atoms with van der Waals surface area (Å²) in [6.45, 7) is 4.34. The van der Waals surface area contributed by atoms with Crippen LogP contribution >= 0.6 is 11.8 Å². The summed E-state index contributed by atoms with van der Waals surface area (Å²) in [6, 6.07) is 5.32. The summed E-state index contributed by atoms with van der Waals surface area (Å²) in [6.07, 6.45) is 0.864. The zero-order valence-electron chi connectivity index (χ0n) is 11.4. The summed E-state index contributed by atoms with van der Waals surface area (Å²) < 4.78 is 0. The van der Waals surface area contributed by atoms with Crippen molar-refractivity contribution in [3.8, 4) is 12.1 Å². The van der Waals surface area contributed by atoms with Gasteiger partial charge in [-0.2, -0.15) is 10.5 Å². The lowest BCUT2D eigenvalue weighted by Crippen LogP contribution is -2.32. The summed E-state index contributed by atoms with van der Waals surface area (Å²) in [5.74, 6) is 0.0900. The number of carbonyl (C=O) groups excluding carboxylic acids is 1. The lowest BCUT2D eigenvalue weighted by atomic mass is 10.2. The summed E-state index contributed by atoms with van der Waals surface area (Å²) >= 11 is 1.21. The number of thioether (sulfide) groups is 1. The van der Waals surface area contributed by atoms with E-state index in [0.29, 0.717) is 17.1 Å². The molecule has 6 nitrogen and oxygen atoms in total. The van der Waals surface area contributed by atoms with Crippen LogP contribution in [-0.4, -0.2) is 17.7 Å². The molecule has 0 radical (unpaired) electrons. The number of aromatic nitrogens is 1. The molecule has 0 aliphatic carbocycles. The molecular formula is C13H16N5OS+. The van der Waals surface area contributed by atoms with Crippen molar-refractivity contribution < 1.29 is 9.78 Å². The third kappa shape index (κ3) is 3.87. The van der Waals surface area contributed by atoms with Gasteiger partial charge in [-0.3, -0.25) is 10.5 Å². The van der Waals surface area contributed by atoms with Crippen LogP contribution in [0.15, 0.2) is 11.1 Å². The first-order valence-corrected chi connectivity index (χ1v) is 7.01. The van der Waals surface area contributed by atoms with Gasteiger partial charge in [0.05, 0.1) is 5.25 Å². The van der Waals surface area contributed by atoms with Crippen molar-refractivity contribution in [2.75, 3.05) is 12.3 Å². The van der Waals surface area contributed by atoms with Gasteiger partial charge in [0, 0.05) is 6.54 Å². The van der Waals surface area contributed by atoms with E-state index in [-0.39, 0.29) is 22.5 Å². The zero-order valence-corrected chi connectivity index (χ0v) is 12.2. The fourth-order valence-corrected chi connectivity index (χ4v) is 2.38. The minimum absolute atomic E-state index is 0.0999. The number of pyridine rings is 1. The van der Waals surface area contributed by atoms with Crippen molar-refractivity contribution in [3.05, 3.63) is 17.2 Å². The fourth-order valence-electron chi connectivity index (χ4n) is 1.44. The molecule has 1 rings (SSSR count). The number of hydrogen-bond acceptors (Lipinski definition) is 5. The number of carbonyl (C=O) groups is 1. The molecule has 1 atom stereocenters. The lowest BCUT2D eigenvalue weighted by Gasteiger charge is -2.10. The van der Waals surface area contributed by atoms with Crippen LogP contribution in [0.25, 0.3) is 0 Å². The topological polar surface area (TPSA) is 117 Å². The summed E-state index contributed by atoms with van der Waals surface area (Å²) in [5.41, 5.74) is 6.20. The molecule has 0 unspecified atom stereocenters. The molecule has 0 aliphatic rings. The average molecular weight is 290 g/mol. The number of anilines is 1. The Morgan fingerprint density at radius 2 is 2.15 bits per heavy atom. The number of nitriles is 2. The fraction of sp³-hybridized carbons (Fsp3) is 0.385. The van der Waals surface area contributed by atoms with Gasteiger partial charge in [0.2, 0.25) is 5.91 Å². The van der Waals surface area contributed by atoms with Gasteiger partial charge in [0.15, 0.2) is 5.03 Å². The van der Waals surface area contributed by atoms with Gasteiger partial charge in [0.1, 0.15) is 23.3 Å². The second-order valence-electron chi connectivity index (χ2n) is 4.11. The number of hydrogen-bond donors (Lipinski definition) is 2. The van der Waals surface area contributed by atoms with E-state index in [9.17, 15) is 4.79 Å². The van der Waals surface area contributed by atoms with Crippen molar-refractivity contribution in [1.82, 2.24) is 5.32 Å². The van der Waals surface area contributed by atoms with E-state index in [2.05, 4.69) is 10.3 Å². The minimum Gasteiger partial charge on any atom is -0.355 e. The van der Waals surface area contributed by atoms with Crippen LogP contribution in [0.3, 0.4) is 0 Å². The smallest absolute Gasteiger partial charge is 0.289 e. The Balaban J connectivity index is 2.93. The number of nitrogens with zero attached hydrogens (tertiary/aromatic N) is 2. The Hall–Kier alpha value is -2.25. The monoisotopic (exact) mass is 290 g/mol. The molecule has 1 aromatic heterocycles. The number of nitrogens with two attached hydrogens (primary N) is 1. The third-order valence-electron chi connectivity index (χ3n) is 2.53. The normalized spacial score (nSPS) is 11.2. The molecule has 1 heterocycles. The van der Waals surface area contributed by atoms with Crippen LogP contribution in [0, 0.1) is 22.7 Å². The van der Waals surface area contributed by atoms with E-state index in [1.807, 2.05) is 19.1 Å². The molecule has 1 amide bonds. The number of amides is 1. The molecule has 0 spiro atoms. The first kappa shape index (κ1) is 15.8. The van der Waals surface area contributed by atoms with Gasteiger partial charge in [-0.1, -0.05) is 18.7 Å². The second kappa shape index (κ2) is 7.37. The molecule has 0 fully saturated rings. The van der Waals surface area contributed by atoms with Gasteiger partial charge in [-0.05, 0) is 19.4 Å². The van der Waals surface area contributed by atoms with E-state index in [4.69, 9.17) is 16.3 Å². The highest BCUT2D eigenvalue weighted by molar-refractivity contribution is 8.00. The molecule has 0 bridgehead atoms. The molecule has 0 saturated carbocycles. The van der Waals surface area contributed by atoms with Gasteiger partial charge in [-0.15, -0.1) is 0 Å². The van der Waals surface area contributed by atoms with E-state index in [1.54, 1.807) is 6.92 Å². The number of nitrogens with one attached hydrogen (secondary N) is 2. The van der Waals surface area contributed by atoms with Gasteiger partial charge >= 0.3 is 0 Å². The first-order valence-electron chi connectivity index (χ1n) is 6.13. The van der Waals surface area contributed by atoms with Gasteiger partial charge < -0.3 is 5.32 Å². The maximum Gasteiger partial charge on any atom is 0.289 e. The molecule has 20 heavy (non-hydrogen) atoms. The molecule has 0 saturated heterocycles. The average Bonchev–Trinajstić information content (AvgIpc) is 2.44.